The summed E-state index contributed by atoms with van der Waals surface area (Å²) in [5.41, 5.74) is 0. The molecule has 0 atom stereocenters. The van der Waals surface area contributed by atoms with E-state index >= 15 is 0 Å². The quantitative estimate of drug-likeness (QED) is 0.525. The Balaban J connectivity index is 0.000001000. The lowest BCUT2D eigenvalue weighted by molar-refractivity contribution is 0.234. The van der Waals surface area contributed by atoms with Gasteiger partial charge in [-0.25, -0.2) is 0 Å². The molecule has 0 heteroatoms. The van der Waals surface area contributed by atoms with E-state index in [-0.39, 0.29) is 1.43 Å². The number of hydrogen-bond donors (Lipinski definition) is 0. The van der Waals surface area contributed by atoms with E-state index in [1.807, 2.05) is 0 Å². The largest absolute Gasteiger partial charge is 0.0625 e. The molecule has 62 valence electrons. The fourth-order valence-electron chi connectivity index (χ4n) is 1.95. The van der Waals surface area contributed by atoms with E-state index in [1.165, 1.54) is 25.7 Å². The lowest BCUT2D eigenvalue weighted by Gasteiger charge is -2.28. The second-order valence-electron chi connectivity index (χ2n) is 4.26. The van der Waals surface area contributed by atoms with Crippen LogP contribution in [0.4, 0.5) is 0 Å². The predicted octanol–water partition coefficient (Wildman–Crippen LogP) is 3.71. The molecule has 0 aromatic carbocycles. The molecule has 0 radical (unpaired) electrons. The van der Waals surface area contributed by atoms with Gasteiger partial charge in [-0.2, -0.15) is 0 Å². The van der Waals surface area contributed by atoms with Crippen molar-refractivity contribution in [1.29, 1.82) is 0 Å². The van der Waals surface area contributed by atoms with Crippen LogP contribution >= 0.6 is 0 Å². The van der Waals surface area contributed by atoms with E-state index in [0.717, 1.165) is 17.8 Å². The van der Waals surface area contributed by atoms with E-state index in [2.05, 4.69) is 20.8 Å². The van der Waals surface area contributed by atoms with Crippen molar-refractivity contribution in [2.45, 2.75) is 46.5 Å². The summed E-state index contributed by atoms with van der Waals surface area (Å²) in [6, 6.07) is 0. The van der Waals surface area contributed by atoms with Crippen LogP contribution in [0.2, 0.25) is 0 Å². The van der Waals surface area contributed by atoms with Gasteiger partial charge in [0.25, 0.3) is 0 Å². The lowest BCUT2D eigenvalue weighted by Crippen LogP contribution is -2.16. The predicted molar refractivity (Wildman–Crippen MR) is 48.1 cm³/mol. The van der Waals surface area contributed by atoms with Crippen molar-refractivity contribution >= 4 is 0 Å². The van der Waals surface area contributed by atoms with Crippen molar-refractivity contribution in [3.8, 4) is 0 Å². The van der Waals surface area contributed by atoms with Crippen LogP contribution in [0.15, 0.2) is 0 Å². The average molecular weight is 143 g/mol. The molecule has 0 aromatic rings. The molecule has 1 fully saturated rings. The fourth-order valence-corrected chi connectivity index (χ4v) is 1.95. The minimum Gasteiger partial charge on any atom is -0.0625 e. The highest BCUT2D eigenvalue weighted by atomic mass is 14.3. The molecule has 0 spiro atoms. The Kier molecular flexibility index (Phi) is 2.76. The van der Waals surface area contributed by atoms with Gasteiger partial charge in [0.2, 0.25) is 0 Å². The third-order valence-electron chi connectivity index (χ3n) is 3.00. The molecule has 0 heterocycles. The molecule has 1 aliphatic carbocycles. The molecule has 0 bridgehead atoms. The fraction of sp³-hybridized carbons (Fsp3) is 1.00. The van der Waals surface area contributed by atoms with Gasteiger partial charge in [-0.3, -0.25) is 0 Å². The van der Waals surface area contributed by atoms with Crippen LogP contribution in [-0.4, -0.2) is 0 Å². The molecular weight excluding hydrogens is 120 g/mol. The second kappa shape index (κ2) is 3.41. The monoisotopic (exact) mass is 143 g/mol. The van der Waals surface area contributed by atoms with Gasteiger partial charge in [0.05, 0.1) is 0 Å². The first-order chi connectivity index (χ1) is 4.70. The summed E-state index contributed by atoms with van der Waals surface area (Å²) >= 11 is 0. The molecule has 1 saturated carbocycles. The van der Waals surface area contributed by atoms with E-state index in [9.17, 15) is 0 Å². The second-order valence-corrected chi connectivity index (χ2v) is 4.26. The zero-order chi connectivity index (χ0) is 7.56. The summed E-state index contributed by atoms with van der Waals surface area (Å²) in [7, 11) is 0. The normalized spacial score (nSPS) is 34.8. The molecule has 0 N–H and O–H groups in total. The van der Waals surface area contributed by atoms with E-state index < -0.39 is 0 Å². The van der Waals surface area contributed by atoms with E-state index in [1.54, 1.807) is 0 Å². The first-order valence-electron chi connectivity index (χ1n) is 4.70. The molecule has 0 nitrogen and oxygen atoms in total. The van der Waals surface area contributed by atoms with Crippen LogP contribution in [-0.2, 0) is 0 Å². The molecule has 0 amide bonds. The summed E-state index contributed by atoms with van der Waals surface area (Å²) in [6.45, 7) is 7.11. The van der Waals surface area contributed by atoms with Gasteiger partial charge in [0.15, 0.2) is 0 Å². The van der Waals surface area contributed by atoms with Crippen molar-refractivity contribution in [2.75, 3.05) is 0 Å². The van der Waals surface area contributed by atoms with Crippen LogP contribution < -0.4 is 0 Å². The molecule has 0 saturated heterocycles. The van der Waals surface area contributed by atoms with Crippen LogP contribution in [0.25, 0.3) is 0 Å². The Morgan fingerprint density at radius 1 is 1.10 bits per heavy atom. The smallest absolute Gasteiger partial charge is 0 e. The Morgan fingerprint density at radius 2 is 1.60 bits per heavy atom. The van der Waals surface area contributed by atoms with Gasteiger partial charge in [-0.1, -0.05) is 33.6 Å². The van der Waals surface area contributed by atoms with Gasteiger partial charge in [-0.05, 0) is 30.6 Å². The van der Waals surface area contributed by atoms with Crippen LogP contribution in [0, 0.1) is 17.8 Å². The summed E-state index contributed by atoms with van der Waals surface area (Å²) in [5.74, 6) is 2.97. The molecule has 1 aliphatic rings. The standard InChI is InChI=1S/C10H20.H2/c1-8(2)10-6-4-9(3)5-7-10;/h8-10H,4-7H2,1-3H3;1H/i;1+1. The topological polar surface area (TPSA) is 0 Å². The third kappa shape index (κ3) is 2.00. The molecular formula is C10H22. The molecule has 1 rings (SSSR count). The maximum absolute atomic E-state index is 2.39. The van der Waals surface area contributed by atoms with Gasteiger partial charge < -0.3 is 0 Å². The summed E-state index contributed by atoms with van der Waals surface area (Å²) in [6.07, 6.45) is 5.92. The Hall–Kier alpha value is 0. The molecule has 0 aliphatic heterocycles. The first-order valence-corrected chi connectivity index (χ1v) is 4.70. The highest BCUT2D eigenvalue weighted by molar-refractivity contribution is 4.71. The zero-order valence-electron chi connectivity index (χ0n) is 7.56. The first kappa shape index (κ1) is 8.10. The van der Waals surface area contributed by atoms with E-state index in [4.69, 9.17) is 0 Å². The zero-order valence-corrected chi connectivity index (χ0v) is 7.56. The third-order valence-corrected chi connectivity index (χ3v) is 3.00. The number of hydrogen-bond acceptors (Lipinski definition) is 0. The van der Waals surface area contributed by atoms with Crippen molar-refractivity contribution in [3.63, 3.8) is 0 Å². The lowest BCUT2D eigenvalue weighted by atomic mass is 9.78. The maximum Gasteiger partial charge on any atom is 0 e. The molecule has 0 aromatic heterocycles. The van der Waals surface area contributed by atoms with Gasteiger partial charge in [0, 0.05) is 1.43 Å². The Morgan fingerprint density at radius 3 is 2.00 bits per heavy atom. The summed E-state index contributed by atoms with van der Waals surface area (Å²) in [4.78, 5) is 0. The Bertz CT molecular complexity index is 91.0. The van der Waals surface area contributed by atoms with Gasteiger partial charge >= 0.3 is 0 Å². The molecule has 10 heavy (non-hydrogen) atoms. The number of rotatable bonds is 1. The van der Waals surface area contributed by atoms with E-state index in [0.29, 0.717) is 0 Å². The van der Waals surface area contributed by atoms with Crippen molar-refractivity contribution in [2.24, 2.45) is 17.8 Å². The minimum absolute atomic E-state index is 0. The summed E-state index contributed by atoms with van der Waals surface area (Å²) < 4.78 is 0. The van der Waals surface area contributed by atoms with Crippen LogP contribution in [0.1, 0.15) is 47.9 Å². The molecule has 0 unspecified atom stereocenters. The van der Waals surface area contributed by atoms with Crippen molar-refractivity contribution in [3.05, 3.63) is 0 Å². The van der Waals surface area contributed by atoms with Crippen molar-refractivity contribution < 1.29 is 1.43 Å². The Labute approximate surface area is 66.5 Å². The maximum atomic E-state index is 2.39. The van der Waals surface area contributed by atoms with Gasteiger partial charge in [-0.15, -0.1) is 0 Å². The van der Waals surface area contributed by atoms with Gasteiger partial charge in [0.1, 0.15) is 0 Å². The average Bonchev–Trinajstić information content (AvgIpc) is 1.88. The van der Waals surface area contributed by atoms with Crippen LogP contribution in [0.5, 0.6) is 0 Å². The highest BCUT2D eigenvalue weighted by Crippen LogP contribution is 2.32. The van der Waals surface area contributed by atoms with Crippen LogP contribution in [0.3, 0.4) is 0 Å². The summed E-state index contributed by atoms with van der Waals surface area (Å²) in [5, 5.41) is 0. The SMILES string of the molecule is CC1CCC(C(C)C)CC1.[2HH]. The minimum atomic E-state index is 0. The highest BCUT2D eigenvalue weighted by Gasteiger charge is 2.19. The van der Waals surface area contributed by atoms with Crippen molar-refractivity contribution in [1.82, 2.24) is 0 Å².